The molecule has 3 aromatic heterocycles. The molecule has 1 aromatic carbocycles. The fraction of sp³-hybridized carbons (Fsp3) is 0.240. The first-order chi connectivity index (χ1) is 16.1. The molecule has 5 rings (SSSR count). The van der Waals surface area contributed by atoms with Crippen molar-refractivity contribution in [2.45, 2.75) is 26.2 Å². The molecule has 1 unspecified atom stereocenters. The monoisotopic (exact) mass is 440 g/mol. The lowest BCUT2D eigenvalue weighted by Gasteiger charge is -2.17. The molecule has 4 aromatic rings. The van der Waals surface area contributed by atoms with Gasteiger partial charge in [-0.25, -0.2) is 9.97 Å². The Morgan fingerprint density at radius 1 is 1.12 bits per heavy atom. The summed E-state index contributed by atoms with van der Waals surface area (Å²) in [6, 6.07) is 15.7. The number of nitrogens with one attached hydrogen (secondary N) is 1. The second-order valence-electron chi connectivity index (χ2n) is 8.17. The number of hydrogen-bond acceptors (Lipinski definition) is 7. The number of rotatable bonds is 5. The molecule has 0 radical (unpaired) electrons. The zero-order chi connectivity index (χ0) is 22.8. The van der Waals surface area contributed by atoms with Crippen LogP contribution in [0.4, 0.5) is 11.5 Å². The number of anilines is 2. The van der Waals surface area contributed by atoms with Gasteiger partial charge in [0.05, 0.1) is 11.4 Å². The number of likely N-dealkylation sites (tertiary alicyclic amines) is 1. The van der Waals surface area contributed by atoms with Crippen molar-refractivity contribution < 1.29 is 9.32 Å². The molecule has 1 fully saturated rings. The minimum atomic E-state index is -0.0557. The van der Waals surface area contributed by atoms with Crippen molar-refractivity contribution in [1.82, 2.24) is 25.0 Å². The van der Waals surface area contributed by atoms with Crippen LogP contribution in [0, 0.1) is 13.8 Å². The first kappa shape index (κ1) is 20.8. The Kier molecular flexibility index (Phi) is 5.56. The Hall–Kier alpha value is -4.07. The third-order valence-corrected chi connectivity index (χ3v) is 5.83. The van der Waals surface area contributed by atoms with Crippen molar-refractivity contribution in [3.05, 3.63) is 83.8 Å². The Balaban J connectivity index is 1.44. The Morgan fingerprint density at radius 2 is 1.97 bits per heavy atom. The van der Waals surface area contributed by atoms with E-state index in [1.807, 2.05) is 53.4 Å². The Morgan fingerprint density at radius 3 is 2.70 bits per heavy atom. The van der Waals surface area contributed by atoms with Gasteiger partial charge in [-0.15, -0.1) is 0 Å². The number of aryl methyl sites for hydroxylation is 2. The first-order valence-electron chi connectivity index (χ1n) is 10.9. The summed E-state index contributed by atoms with van der Waals surface area (Å²) in [5.74, 6) is 1.94. The van der Waals surface area contributed by atoms with Gasteiger partial charge in [0, 0.05) is 48.7 Å². The highest BCUT2D eigenvalue weighted by Gasteiger charge is 2.32. The van der Waals surface area contributed by atoms with E-state index in [1.54, 1.807) is 26.2 Å². The first-order valence-corrected chi connectivity index (χ1v) is 10.9. The number of hydrogen-bond donors (Lipinski definition) is 1. The van der Waals surface area contributed by atoms with Crippen molar-refractivity contribution in [1.29, 1.82) is 0 Å². The van der Waals surface area contributed by atoms with Gasteiger partial charge in [-0.2, -0.15) is 0 Å². The van der Waals surface area contributed by atoms with E-state index in [4.69, 9.17) is 14.5 Å². The quantitative estimate of drug-likeness (QED) is 0.487. The van der Waals surface area contributed by atoms with Crippen LogP contribution in [0.1, 0.15) is 40.0 Å². The molecule has 1 saturated heterocycles. The SMILES string of the molecule is Cc1noc(C)c1C(=O)N1CCC(c2nc(Nc3ccccc3)cc(-c3cccnc3)n2)C1. The van der Waals surface area contributed by atoms with Gasteiger partial charge in [-0.3, -0.25) is 9.78 Å². The van der Waals surface area contributed by atoms with Crippen LogP contribution in [0.5, 0.6) is 0 Å². The zero-order valence-electron chi connectivity index (χ0n) is 18.5. The molecule has 1 aliphatic rings. The van der Waals surface area contributed by atoms with Crippen LogP contribution in [-0.2, 0) is 0 Å². The number of amides is 1. The summed E-state index contributed by atoms with van der Waals surface area (Å²) in [5.41, 5.74) is 3.82. The van der Waals surface area contributed by atoms with Crippen LogP contribution in [0.2, 0.25) is 0 Å². The van der Waals surface area contributed by atoms with Crippen LogP contribution in [0.25, 0.3) is 11.3 Å². The summed E-state index contributed by atoms with van der Waals surface area (Å²) >= 11 is 0. The number of carbonyl (C=O) groups excluding carboxylic acids is 1. The second-order valence-corrected chi connectivity index (χ2v) is 8.17. The molecule has 0 aliphatic carbocycles. The predicted molar refractivity (Wildman–Crippen MR) is 124 cm³/mol. The van der Waals surface area contributed by atoms with E-state index in [0.717, 1.165) is 23.4 Å². The average molecular weight is 441 g/mol. The molecule has 8 nitrogen and oxygen atoms in total. The molecule has 1 amide bonds. The molecular weight excluding hydrogens is 416 g/mol. The van der Waals surface area contributed by atoms with Crippen molar-refractivity contribution in [2.75, 3.05) is 18.4 Å². The van der Waals surface area contributed by atoms with Crippen LogP contribution < -0.4 is 5.32 Å². The van der Waals surface area contributed by atoms with Gasteiger partial charge >= 0.3 is 0 Å². The van der Waals surface area contributed by atoms with Crippen LogP contribution in [0.3, 0.4) is 0 Å². The second kappa shape index (κ2) is 8.82. The lowest BCUT2D eigenvalue weighted by Crippen LogP contribution is -2.29. The van der Waals surface area contributed by atoms with Crippen molar-refractivity contribution in [2.24, 2.45) is 0 Å². The molecular formula is C25H24N6O2. The molecule has 166 valence electrons. The summed E-state index contributed by atoms with van der Waals surface area (Å²) in [7, 11) is 0. The average Bonchev–Trinajstić information content (AvgIpc) is 3.47. The lowest BCUT2D eigenvalue weighted by atomic mass is 10.1. The van der Waals surface area contributed by atoms with Gasteiger partial charge in [0.2, 0.25) is 0 Å². The molecule has 1 atom stereocenters. The van der Waals surface area contributed by atoms with E-state index < -0.39 is 0 Å². The smallest absolute Gasteiger partial charge is 0.259 e. The highest BCUT2D eigenvalue weighted by atomic mass is 16.5. The summed E-state index contributed by atoms with van der Waals surface area (Å²) in [6.45, 7) is 4.74. The molecule has 33 heavy (non-hydrogen) atoms. The van der Waals surface area contributed by atoms with Gasteiger partial charge in [0.25, 0.3) is 5.91 Å². The minimum Gasteiger partial charge on any atom is -0.361 e. The number of nitrogens with zero attached hydrogens (tertiary/aromatic N) is 5. The zero-order valence-corrected chi connectivity index (χ0v) is 18.5. The van der Waals surface area contributed by atoms with E-state index in [-0.39, 0.29) is 11.8 Å². The van der Waals surface area contributed by atoms with Crippen molar-refractivity contribution in [3.63, 3.8) is 0 Å². The van der Waals surface area contributed by atoms with Crippen molar-refractivity contribution in [3.8, 4) is 11.3 Å². The molecule has 0 bridgehead atoms. The largest absolute Gasteiger partial charge is 0.361 e. The summed E-state index contributed by atoms with van der Waals surface area (Å²) in [6.07, 6.45) is 4.32. The van der Waals surface area contributed by atoms with Gasteiger partial charge in [-0.05, 0) is 44.5 Å². The molecule has 0 saturated carbocycles. The van der Waals surface area contributed by atoms with Crippen molar-refractivity contribution >= 4 is 17.4 Å². The summed E-state index contributed by atoms with van der Waals surface area (Å²) in [4.78, 5) is 28.8. The Bertz CT molecular complexity index is 1250. The summed E-state index contributed by atoms with van der Waals surface area (Å²) < 4.78 is 5.19. The van der Waals surface area contributed by atoms with Gasteiger partial charge < -0.3 is 14.7 Å². The third-order valence-electron chi connectivity index (χ3n) is 5.83. The Labute approximate surface area is 191 Å². The molecule has 1 aliphatic heterocycles. The third kappa shape index (κ3) is 4.32. The normalized spacial score (nSPS) is 15.6. The highest BCUT2D eigenvalue weighted by Crippen LogP contribution is 2.30. The minimum absolute atomic E-state index is 0.0300. The highest BCUT2D eigenvalue weighted by molar-refractivity contribution is 5.96. The summed E-state index contributed by atoms with van der Waals surface area (Å²) in [5, 5.41) is 7.30. The number of carbonyl (C=O) groups is 1. The predicted octanol–water partition coefficient (Wildman–Crippen LogP) is 4.52. The van der Waals surface area contributed by atoms with E-state index in [0.29, 0.717) is 41.7 Å². The fourth-order valence-electron chi connectivity index (χ4n) is 4.15. The van der Waals surface area contributed by atoms with E-state index in [1.165, 1.54) is 0 Å². The van der Waals surface area contributed by atoms with Crippen LogP contribution in [0.15, 0.2) is 65.4 Å². The maximum absolute atomic E-state index is 13.1. The van der Waals surface area contributed by atoms with Gasteiger partial charge in [-0.1, -0.05) is 23.4 Å². The fourth-order valence-corrected chi connectivity index (χ4v) is 4.15. The maximum Gasteiger partial charge on any atom is 0.259 e. The molecule has 1 N–H and O–H groups in total. The molecule has 8 heteroatoms. The number of para-hydroxylation sites is 1. The topological polar surface area (TPSA) is 97.0 Å². The van der Waals surface area contributed by atoms with Crippen LogP contribution in [-0.4, -0.2) is 44.0 Å². The van der Waals surface area contributed by atoms with Crippen LogP contribution >= 0.6 is 0 Å². The molecule has 4 heterocycles. The van der Waals surface area contributed by atoms with E-state index >= 15 is 0 Å². The maximum atomic E-state index is 13.1. The standard InChI is InChI=1S/C25H24N6O2/c1-16-23(17(2)33-30-16)25(32)31-12-10-19(15-31)24-28-21(18-7-6-11-26-14-18)13-22(29-24)27-20-8-4-3-5-9-20/h3-9,11,13-14,19H,10,12,15H2,1-2H3,(H,27,28,29). The van der Waals surface area contributed by atoms with E-state index in [9.17, 15) is 4.79 Å². The number of aromatic nitrogens is 4. The molecule has 0 spiro atoms. The van der Waals surface area contributed by atoms with E-state index in [2.05, 4.69) is 15.5 Å². The van der Waals surface area contributed by atoms with Gasteiger partial charge in [0.15, 0.2) is 0 Å². The van der Waals surface area contributed by atoms with Gasteiger partial charge in [0.1, 0.15) is 23.0 Å². The number of benzene rings is 1. The lowest BCUT2D eigenvalue weighted by molar-refractivity contribution is 0.0788. The number of pyridine rings is 1.